The van der Waals surface area contributed by atoms with Crippen LogP contribution in [0.3, 0.4) is 0 Å². The zero-order valence-corrected chi connectivity index (χ0v) is 10.3. The van der Waals surface area contributed by atoms with Gasteiger partial charge in [-0.05, 0) is 31.8 Å². The average Bonchev–Trinajstić information content (AvgIpc) is 2.27. The quantitative estimate of drug-likeness (QED) is 0.806. The van der Waals surface area contributed by atoms with Crippen LogP contribution in [0.25, 0.3) is 0 Å². The molecule has 0 saturated carbocycles. The van der Waals surface area contributed by atoms with Gasteiger partial charge in [0.15, 0.2) is 11.6 Å². The molecule has 1 atom stereocenters. The number of carboxylic acid groups (broad SMARTS) is 1. The van der Waals surface area contributed by atoms with Gasteiger partial charge in [0.05, 0.1) is 0 Å². The monoisotopic (exact) mass is 258 g/mol. The minimum atomic E-state index is -1.13. The Bertz CT molecular complexity index is 425. The van der Waals surface area contributed by atoms with Gasteiger partial charge < -0.3 is 10.0 Å². The lowest BCUT2D eigenvalue weighted by Crippen LogP contribution is -2.34. The smallest absolute Gasteiger partial charge is 0.325 e. The molecule has 1 unspecified atom stereocenters. The number of halogens is 2. The van der Waals surface area contributed by atoms with E-state index in [0.29, 0.717) is 13.1 Å². The summed E-state index contributed by atoms with van der Waals surface area (Å²) >= 11 is 0. The van der Waals surface area contributed by atoms with Crippen molar-refractivity contribution in [2.45, 2.75) is 6.04 Å². The average molecular weight is 258 g/mol. The van der Waals surface area contributed by atoms with E-state index in [4.69, 9.17) is 5.11 Å². The second-order valence-electron chi connectivity index (χ2n) is 4.20. The van der Waals surface area contributed by atoms with E-state index in [9.17, 15) is 13.6 Å². The summed E-state index contributed by atoms with van der Waals surface area (Å²) in [4.78, 5) is 13.0. The van der Waals surface area contributed by atoms with Crippen LogP contribution in [0.1, 0.15) is 11.6 Å². The van der Waals surface area contributed by atoms with Gasteiger partial charge in [0.1, 0.15) is 6.04 Å². The van der Waals surface area contributed by atoms with Crippen LogP contribution in [0.4, 0.5) is 8.78 Å². The largest absolute Gasteiger partial charge is 0.480 e. The predicted octanol–water partition coefficient (Wildman–Crippen LogP) is 1.24. The Morgan fingerprint density at radius 1 is 1.39 bits per heavy atom. The first-order valence-corrected chi connectivity index (χ1v) is 5.47. The van der Waals surface area contributed by atoms with E-state index in [-0.39, 0.29) is 5.56 Å². The summed E-state index contributed by atoms with van der Waals surface area (Å²) in [5.41, 5.74) is 0.195. The van der Waals surface area contributed by atoms with Crippen LogP contribution in [-0.4, -0.2) is 43.2 Å². The SMILES string of the molecule is CN(C)CCNC(C(=O)O)c1ccc(F)c(F)c1. The predicted molar refractivity (Wildman–Crippen MR) is 63.3 cm³/mol. The maximum Gasteiger partial charge on any atom is 0.325 e. The topological polar surface area (TPSA) is 52.6 Å². The lowest BCUT2D eigenvalue weighted by molar-refractivity contribution is -0.139. The summed E-state index contributed by atoms with van der Waals surface area (Å²) in [5.74, 6) is -3.16. The lowest BCUT2D eigenvalue weighted by Gasteiger charge is -2.17. The van der Waals surface area contributed by atoms with Crippen molar-refractivity contribution in [1.29, 1.82) is 0 Å². The molecule has 100 valence electrons. The molecule has 0 aliphatic heterocycles. The normalized spacial score (nSPS) is 12.7. The van der Waals surface area contributed by atoms with Crippen LogP contribution in [0.2, 0.25) is 0 Å². The standard InChI is InChI=1S/C12H16F2N2O2/c1-16(2)6-5-15-11(12(17)18)8-3-4-9(13)10(14)7-8/h3-4,7,11,15H,5-6H2,1-2H3,(H,17,18). The van der Waals surface area contributed by atoms with E-state index in [1.807, 2.05) is 19.0 Å². The van der Waals surface area contributed by atoms with Gasteiger partial charge in [-0.15, -0.1) is 0 Å². The minimum absolute atomic E-state index is 0.195. The van der Waals surface area contributed by atoms with Crippen LogP contribution in [0, 0.1) is 11.6 Å². The van der Waals surface area contributed by atoms with Crippen molar-refractivity contribution in [1.82, 2.24) is 10.2 Å². The molecule has 0 aliphatic rings. The van der Waals surface area contributed by atoms with E-state index in [1.54, 1.807) is 0 Å². The van der Waals surface area contributed by atoms with Gasteiger partial charge in [-0.25, -0.2) is 8.78 Å². The second kappa shape index (κ2) is 6.42. The van der Waals surface area contributed by atoms with Gasteiger partial charge in [-0.3, -0.25) is 10.1 Å². The molecule has 0 heterocycles. The molecule has 4 nitrogen and oxygen atoms in total. The third-order valence-electron chi connectivity index (χ3n) is 2.43. The first-order chi connectivity index (χ1) is 8.41. The fraction of sp³-hybridized carbons (Fsp3) is 0.417. The van der Waals surface area contributed by atoms with E-state index >= 15 is 0 Å². The highest BCUT2D eigenvalue weighted by Gasteiger charge is 2.20. The molecule has 0 amide bonds. The van der Waals surface area contributed by atoms with Crippen molar-refractivity contribution in [3.8, 4) is 0 Å². The fourth-order valence-corrected chi connectivity index (χ4v) is 1.47. The molecular formula is C12H16F2N2O2. The van der Waals surface area contributed by atoms with Gasteiger partial charge in [-0.2, -0.15) is 0 Å². The molecule has 0 bridgehead atoms. The van der Waals surface area contributed by atoms with Gasteiger partial charge in [0.2, 0.25) is 0 Å². The number of nitrogens with one attached hydrogen (secondary N) is 1. The van der Waals surface area contributed by atoms with Crippen molar-refractivity contribution in [2.24, 2.45) is 0 Å². The molecule has 0 aromatic heterocycles. The molecule has 0 radical (unpaired) electrons. The summed E-state index contributed by atoms with van der Waals surface area (Å²) in [6, 6.07) is 2.05. The van der Waals surface area contributed by atoms with Gasteiger partial charge >= 0.3 is 5.97 Å². The van der Waals surface area contributed by atoms with Crippen molar-refractivity contribution in [3.05, 3.63) is 35.4 Å². The van der Waals surface area contributed by atoms with Crippen molar-refractivity contribution in [3.63, 3.8) is 0 Å². The molecule has 18 heavy (non-hydrogen) atoms. The molecule has 1 rings (SSSR count). The lowest BCUT2D eigenvalue weighted by atomic mass is 10.1. The van der Waals surface area contributed by atoms with Crippen LogP contribution < -0.4 is 5.32 Å². The summed E-state index contributed by atoms with van der Waals surface area (Å²) in [7, 11) is 3.71. The molecule has 1 aromatic rings. The molecule has 6 heteroatoms. The van der Waals surface area contributed by atoms with Crippen LogP contribution in [0.15, 0.2) is 18.2 Å². The number of hydrogen-bond acceptors (Lipinski definition) is 3. The molecule has 2 N–H and O–H groups in total. The van der Waals surface area contributed by atoms with Crippen molar-refractivity contribution >= 4 is 5.97 Å². The fourth-order valence-electron chi connectivity index (χ4n) is 1.47. The Kier molecular flexibility index (Phi) is 5.18. The number of hydrogen-bond donors (Lipinski definition) is 2. The van der Waals surface area contributed by atoms with Crippen LogP contribution in [0.5, 0.6) is 0 Å². The number of aliphatic carboxylic acids is 1. The van der Waals surface area contributed by atoms with Gasteiger partial charge in [-0.1, -0.05) is 6.07 Å². The molecule has 0 aliphatic carbocycles. The zero-order valence-electron chi connectivity index (χ0n) is 10.3. The number of benzene rings is 1. The maximum absolute atomic E-state index is 13.0. The van der Waals surface area contributed by atoms with E-state index in [2.05, 4.69) is 5.32 Å². The number of nitrogens with zero attached hydrogens (tertiary/aromatic N) is 1. The van der Waals surface area contributed by atoms with E-state index in [0.717, 1.165) is 12.1 Å². The summed E-state index contributed by atoms with van der Waals surface area (Å²) in [6.45, 7) is 1.08. The highest BCUT2D eigenvalue weighted by Crippen LogP contribution is 2.16. The second-order valence-corrected chi connectivity index (χ2v) is 4.20. The molecule has 1 aromatic carbocycles. The Labute approximate surface area is 104 Å². The summed E-state index contributed by atoms with van der Waals surface area (Å²) in [5, 5.41) is 11.8. The number of rotatable bonds is 6. The van der Waals surface area contributed by atoms with E-state index in [1.165, 1.54) is 6.07 Å². The Morgan fingerprint density at radius 2 is 2.06 bits per heavy atom. The van der Waals surface area contributed by atoms with Crippen LogP contribution in [-0.2, 0) is 4.79 Å². The van der Waals surface area contributed by atoms with Crippen molar-refractivity contribution < 1.29 is 18.7 Å². The zero-order chi connectivity index (χ0) is 13.7. The Hall–Kier alpha value is -1.53. The number of carbonyl (C=O) groups is 1. The maximum atomic E-state index is 13.0. The van der Waals surface area contributed by atoms with Gasteiger partial charge in [0.25, 0.3) is 0 Å². The third kappa shape index (κ3) is 4.05. The number of carboxylic acids is 1. The molecule has 0 spiro atoms. The summed E-state index contributed by atoms with van der Waals surface area (Å²) < 4.78 is 25.8. The first kappa shape index (κ1) is 14.5. The van der Waals surface area contributed by atoms with Crippen LogP contribution >= 0.6 is 0 Å². The number of likely N-dealkylation sites (N-methyl/N-ethyl adjacent to an activating group) is 1. The van der Waals surface area contributed by atoms with E-state index < -0.39 is 23.6 Å². The summed E-state index contributed by atoms with van der Waals surface area (Å²) in [6.07, 6.45) is 0. The Balaban J connectivity index is 2.78. The highest BCUT2D eigenvalue weighted by molar-refractivity contribution is 5.75. The molecule has 0 fully saturated rings. The van der Waals surface area contributed by atoms with Gasteiger partial charge in [0, 0.05) is 13.1 Å². The van der Waals surface area contributed by atoms with Crippen molar-refractivity contribution in [2.75, 3.05) is 27.2 Å². The highest BCUT2D eigenvalue weighted by atomic mass is 19.2. The Morgan fingerprint density at radius 3 is 2.56 bits per heavy atom. The molecular weight excluding hydrogens is 242 g/mol. The minimum Gasteiger partial charge on any atom is -0.480 e. The first-order valence-electron chi connectivity index (χ1n) is 5.47. The third-order valence-corrected chi connectivity index (χ3v) is 2.43. The molecule has 0 saturated heterocycles.